The molecular formula is C17H16ClF3N4O2S2. The molecule has 0 radical (unpaired) electrons. The molecule has 29 heavy (non-hydrogen) atoms. The number of thioether (sulfide) groups is 1. The highest BCUT2D eigenvalue weighted by Crippen LogP contribution is 2.36. The van der Waals surface area contributed by atoms with Crippen molar-refractivity contribution in [3.8, 4) is 0 Å². The summed E-state index contributed by atoms with van der Waals surface area (Å²) in [6.07, 6.45) is -0.850. The lowest BCUT2D eigenvalue weighted by molar-refractivity contribution is -0.137. The number of pyridine rings is 1. The Bertz CT molecular complexity index is 1120. The average molecular weight is 465 g/mol. The van der Waals surface area contributed by atoms with Gasteiger partial charge in [-0.3, -0.25) is 4.40 Å². The maximum absolute atomic E-state index is 13.1. The molecule has 0 unspecified atom stereocenters. The van der Waals surface area contributed by atoms with Gasteiger partial charge in [-0.15, -0.1) is 10.2 Å². The number of aromatic nitrogens is 3. The van der Waals surface area contributed by atoms with E-state index < -0.39 is 37.7 Å². The lowest BCUT2D eigenvalue weighted by Crippen LogP contribution is -2.30. The summed E-state index contributed by atoms with van der Waals surface area (Å²) >= 11 is 7.10. The van der Waals surface area contributed by atoms with E-state index in [0.717, 1.165) is 12.1 Å². The number of nitrogens with one attached hydrogen (secondary N) is 1. The molecule has 3 rings (SSSR count). The molecule has 12 heteroatoms. The molecule has 1 atom stereocenters. The number of halogens is 4. The van der Waals surface area contributed by atoms with Gasteiger partial charge in [-0.25, -0.2) is 13.1 Å². The van der Waals surface area contributed by atoms with Crippen molar-refractivity contribution in [1.82, 2.24) is 19.3 Å². The molecule has 0 saturated heterocycles. The van der Waals surface area contributed by atoms with Crippen molar-refractivity contribution in [2.24, 2.45) is 0 Å². The summed E-state index contributed by atoms with van der Waals surface area (Å²) in [6, 6.07) is 6.92. The highest BCUT2D eigenvalue weighted by molar-refractivity contribution is 7.98. The minimum atomic E-state index is -4.77. The van der Waals surface area contributed by atoms with E-state index >= 15 is 0 Å². The number of fused-ring (bicyclic) bond motifs is 1. The molecule has 0 saturated carbocycles. The summed E-state index contributed by atoms with van der Waals surface area (Å²) in [5.41, 5.74) is -0.683. The summed E-state index contributed by atoms with van der Waals surface area (Å²) < 4.78 is 69.1. The van der Waals surface area contributed by atoms with Crippen molar-refractivity contribution in [2.45, 2.75) is 23.5 Å². The predicted molar refractivity (Wildman–Crippen MR) is 106 cm³/mol. The zero-order chi connectivity index (χ0) is 21.2. The topological polar surface area (TPSA) is 76.4 Å². The van der Waals surface area contributed by atoms with E-state index in [1.807, 2.05) is 6.26 Å². The molecule has 0 spiro atoms. The Labute approximate surface area is 174 Å². The molecule has 2 heterocycles. The van der Waals surface area contributed by atoms with Crippen LogP contribution in [0.2, 0.25) is 5.02 Å². The number of hydrogen-bond acceptors (Lipinski definition) is 5. The lowest BCUT2D eigenvalue weighted by atomic mass is 10.2. The predicted octanol–water partition coefficient (Wildman–Crippen LogP) is 4.17. The van der Waals surface area contributed by atoms with E-state index in [0.29, 0.717) is 29.7 Å². The Morgan fingerprint density at radius 1 is 1.24 bits per heavy atom. The average Bonchev–Trinajstić information content (AvgIpc) is 3.08. The van der Waals surface area contributed by atoms with Crippen LogP contribution in [-0.4, -0.2) is 35.0 Å². The second-order valence-corrected chi connectivity index (χ2v) is 9.19. The van der Waals surface area contributed by atoms with Gasteiger partial charge in [0.05, 0.1) is 21.5 Å². The van der Waals surface area contributed by atoms with Gasteiger partial charge in [0, 0.05) is 6.20 Å². The normalized spacial score (nSPS) is 13.7. The fraction of sp³-hybridized carbons (Fsp3) is 0.294. The van der Waals surface area contributed by atoms with E-state index in [-0.39, 0.29) is 0 Å². The standard InChI is InChI=1S/C17H16ClF3N4O2S2/c1-28-9-7-14(16-23-22-15-4-2-3-8-25(15)16)24-29(26,27)11-5-6-13(18)12(10-11)17(19,20)21/h2-6,8,10,14,24H,7,9H2,1H3/t14-/m1/s1. The van der Waals surface area contributed by atoms with Crippen LogP contribution in [0.5, 0.6) is 0 Å². The van der Waals surface area contributed by atoms with Crippen molar-refractivity contribution in [3.63, 3.8) is 0 Å². The van der Waals surface area contributed by atoms with Crippen LogP contribution in [0, 0.1) is 0 Å². The van der Waals surface area contributed by atoms with Gasteiger partial charge in [-0.1, -0.05) is 17.7 Å². The first-order valence-electron chi connectivity index (χ1n) is 8.31. The largest absolute Gasteiger partial charge is 0.417 e. The summed E-state index contributed by atoms with van der Waals surface area (Å²) in [6.45, 7) is 0. The van der Waals surface area contributed by atoms with Crippen molar-refractivity contribution in [1.29, 1.82) is 0 Å². The second kappa shape index (κ2) is 8.50. The molecule has 0 aliphatic carbocycles. The Morgan fingerprint density at radius 2 is 2.00 bits per heavy atom. The first-order chi connectivity index (χ1) is 13.6. The quantitative estimate of drug-likeness (QED) is 0.567. The number of hydrogen-bond donors (Lipinski definition) is 1. The highest BCUT2D eigenvalue weighted by Gasteiger charge is 2.35. The summed E-state index contributed by atoms with van der Waals surface area (Å²) in [5.74, 6) is 0.951. The molecule has 156 valence electrons. The third kappa shape index (κ3) is 4.85. The monoisotopic (exact) mass is 464 g/mol. The first-order valence-corrected chi connectivity index (χ1v) is 11.6. The maximum atomic E-state index is 13.1. The van der Waals surface area contributed by atoms with Gasteiger partial charge in [0.25, 0.3) is 0 Å². The molecule has 1 N–H and O–H groups in total. The molecule has 3 aromatic rings. The summed E-state index contributed by atoms with van der Waals surface area (Å²) in [4.78, 5) is -0.530. The minimum absolute atomic E-state index is 0.350. The van der Waals surface area contributed by atoms with Crippen molar-refractivity contribution >= 4 is 39.0 Å². The number of alkyl halides is 3. The Balaban J connectivity index is 1.99. The van der Waals surface area contributed by atoms with Gasteiger partial charge in [0.2, 0.25) is 10.0 Å². The van der Waals surface area contributed by atoms with Gasteiger partial charge >= 0.3 is 6.18 Å². The molecule has 0 aliphatic rings. The molecule has 6 nitrogen and oxygen atoms in total. The van der Waals surface area contributed by atoms with Crippen LogP contribution in [0.25, 0.3) is 5.65 Å². The van der Waals surface area contributed by atoms with E-state index in [1.54, 1.807) is 28.8 Å². The Hall–Kier alpha value is -1.82. The van der Waals surface area contributed by atoms with Crippen LogP contribution >= 0.6 is 23.4 Å². The molecule has 0 bridgehead atoms. The van der Waals surface area contributed by atoms with Gasteiger partial charge in [0.1, 0.15) is 0 Å². The molecular weight excluding hydrogens is 449 g/mol. The lowest BCUT2D eigenvalue weighted by Gasteiger charge is -2.18. The first kappa shape index (κ1) is 21.9. The van der Waals surface area contributed by atoms with Gasteiger partial charge < -0.3 is 0 Å². The summed E-state index contributed by atoms with van der Waals surface area (Å²) in [7, 11) is -4.28. The zero-order valence-electron chi connectivity index (χ0n) is 15.0. The van der Waals surface area contributed by atoms with Gasteiger partial charge in [-0.05, 0) is 48.8 Å². The number of rotatable bonds is 7. The van der Waals surface area contributed by atoms with Crippen LogP contribution < -0.4 is 4.72 Å². The van der Waals surface area contributed by atoms with E-state index in [2.05, 4.69) is 14.9 Å². The minimum Gasteiger partial charge on any atom is -0.285 e. The molecule has 0 fully saturated rings. The number of nitrogens with zero attached hydrogens (tertiary/aromatic N) is 3. The van der Waals surface area contributed by atoms with Gasteiger partial charge in [-0.2, -0.15) is 24.9 Å². The highest BCUT2D eigenvalue weighted by atomic mass is 35.5. The van der Waals surface area contributed by atoms with E-state index in [9.17, 15) is 21.6 Å². The van der Waals surface area contributed by atoms with E-state index in [4.69, 9.17) is 11.6 Å². The number of sulfonamides is 1. The molecule has 2 aromatic heterocycles. The molecule has 0 aliphatic heterocycles. The maximum Gasteiger partial charge on any atom is 0.417 e. The van der Waals surface area contributed by atoms with Crippen molar-refractivity contribution < 1.29 is 21.6 Å². The molecule has 0 amide bonds. The van der Waals surface area contributed by atoms with Crippen LogP contribution in [0.1, 0.15) is 23.9 Å². The smallest absolute Gasteiger partial charge is 0.285 e. The van der Waals surface area contributed by atoms with Crippen molar-refractivity contribution in [3.05, 3.63) is 59.0 Å². The number of benzene rings is 1. The Kier molecular flexibility index (Phi) is 6.42. The fourth-order valence-electron chi connectivity index (χ4n) is 2.72. The van der Waals surface area contributed by atoms with Crippen LogP contribution in [0.3, 0.4) is 0 Å². The third-order valence-corrected chi connectivity index (χ3v) is 6.56. The van der Waals surface area contributed by atoms with Crippen LogP contribution in [-0.2, 0) is 16.2 Å². The summed E-state index contributed by atoms with van der Waals surface area (Å²) in [5, 5.41) is 7.52. The van der Waals surface area contributed by atoms with Crippen LogP contribution in [0.4, 0.5) is 13.2 Å². The fourth-order valence-corrected chi connectivity index (χ4v) is 4.67. The third-order valence-electron chi connectivity index (χ3n) is 4.11. The SMILES string of the molecule is CSCC[C@@H](NS(=O)(=O)c1ccc(Cl)c(C(F)(F)F)c1)c1nnc2ccccn12. The second-order valence-electron chi connectivity index (χ2n) is 6.08. The molecule has 1 aromatic carbocycles. The van der Waals surface area contributed by atoms with Crippen LogP contribution in [0.15, 0.2) is 47.5 Å². The van der Waals surface area contributed by atoms with Crippen molar-refractivity contribution in [2.75, 3.05) is 12.0 Å². The van der Waals surface area contributed by atoms with Gasteiger partial charge in [0.15, 0.2) is 11.5 Å². The van der Waals surface area contributed by atoms with E-state index in [1.165, 1.54) is 11.8 Å². The zero-order valence-corrected chi connectivity index (χ0v) is 17.4. The Morgan fingerprint density at radius 3 is 2.69 bits per heavy atom.